The molecule has 1 saturated carbocycles. The average Bonchev–Trinajstić information content (AvgIpc) is 2.49. The number of rotatable bonds is 2. The summed E-state index contributed by atoms with van der Waals surface area (Å²) in [5, 5.41) is 0. The van der Waals surface area contributed by atoms with Crippen LogP contribution in [0.25, 0.3) is 0 Å². The Bertz CT molecular complexity index is 643. The molecule has 2 heteroatoms. The van der Waals surface area contributed by atoms with E-state index in [4.69, 9.17) is 4.74 Å². The predicted molar refractivity (Wildman–Crippen MR) is 98.3 cm³/mol. The van der Waals surface area contributed by atoms with Gasteiger partial charge in [-0.3, -0.25) is 4.79 Å². The van der Waals surface area contributed by atoms with Crippen LogP contribution in [-0.4, -0.2) is 12.1 Å². The molecule has 0 bridgehead atoms. The maximum atomic E-state index is 11.5. The molecule has 0 aliphatic heterocycles. The SMILES string of the molecule is CC(=O)OC1CCC2(C)c3ccc(C(C)C)cc3CCC2C1(C)C. The molecule has 0 aromatic heterocycles. The zero-order valence-corrected chi connectivity index (χ0v) is 16.1. The van der Waals surface area contributed by atoms with E-state index >= 15 is 0 Å². The fourth-order valence-corrected chi connectivity index (χ4v) is 5.48. The molecule has 0 N–H and O–H groups in total. The average molecular weight is 328 g/mol. The van der Waals surface area contributed by atoms with Crippen LogP contribution in [0, 0.1) is 11.3 Å². The number of hydrogen-bond acceptors (Lipinski definition) is 2. The van der Waals surface area contributed by atoms with Crippen LogP contribution in [0.2, 0.25) is 0 Å². The van der Waals surface area contributed by atoms with Crippen LogP contribution in [0.1, 0.15) is 83.4 Å². The normalized spacial score (nSPS) is 31.3. The van der Waals surface area contributed by atoms with Crippen molar-refractivity contribution in [1.29, 1.82) is 0 Å². The van der Waals surface area contributed by atoms with Crippen molar-refractivity contribution in [3.05, 3.63) is 34.9 Å². The first-order valence-electron chi connectivity index (χ1n) is 9.46. The maximum absolute atomic E-state index is 11.5. The summed E-state index contributed by atoms with van der Waals surface area (Å²) in [6, 6.07) is 7.15. The molecular weight excluding hydrogens is 296 g/mol. The Balaban J connectivity index is 1.98. The molecule has 0 spiro atoms. The van der Waals surface area contributed by atoms with Gasteiger partial charge in [0, 0.05) is 12.3 Å². The molecule has 2 aliphatic rings. The van der Waals surface area contributed by atoms with Gasteiger partial charge < -0.3 is 4.74 Å². The summed E-state index contributed by atoms with van der Waals surface area (Å²) in [5.74, 6) is 0.993. The predicted octanol–water partition coefficient (Wildman–Crippen LogP) is 5.38. The van der Waals surface area contributed by atoms with Crippen molar-refractivity contribution in [3.63, 3.8) is 0 Å². The van der Waals surface area contributed by atoms with E-state index in [9.17, 15) is 4.79 Å². The molecule has 132 valence electrons. The Morgan fingerprint density at radius 3 is 2.54 bits per heavy atom. The summed E-state index contributed by atoms with van der Waals surface area (Å²) in [4.78, 5) is 11.5. The van der Waals surface area contributed by atoms with Crippen LogP contribution < -0.4 is 0 Å². The number of ether oxygens (including phenoxy) is 1. The largest absolute Gasteiger partial charge is 0.462 e. The molecule has 2 nitrogen and oxygen atoms in total. The molecule has 0 saturated heterocycles. The molecule has 0 heterocycles. The molecule has 0 radical (unpaired) electrons. The number of carbonyl (C=O) groups is 1. The summed E-state index contributed by atoms with van der Waals surface area (Å²) in [5.41, 5.74) is 4.75. The van der Waals surface area contributed by atoms with Gasteiger partial charge in [0.2, 0.25) is 0 Å². The maximum Gasteiger partial charge on any atom is 0.302 e. The molecule has 3 unspecified atom stereocenters. The number of aryl methyl sites for hydroxylation is 1. The smallest absolute Gasteiger partial charge is 0.302 e. The first-order chi connectivity index (χ1) is 11.2. The van der Waals surface area contributed by atoms with Crippen LogP contribution in [0.4, 0.5) is 0 Å². The van der Waals surface area contributed by atoms with Crippen molar-refractivity contribution in [3.8, 4) is 0 Å². The van der Waals surface area contributed by atoms with E-state index < -0.39 is 0 Å². The van der Waals surface area contributed by atoms with Gasteiger partial charge in [-0.05, 0) is 59.6 Å². The molecule has 0 amide bonds. The van der Waals surface area contributed by atoms with Crippen molar-refractivity contribution in [2.24, 2.45) is 11.3 Å². The van der Waals surface area contributed by atoms with Gasteiger partial charge in [-0.15, -0.1) is 0 Å². The molecule has 1 fully saturated rings. The number of fused-ring (bicyclic) bond motifs is 3. The highest BCUT2D eigenvalue weighted by Gasteiger charge is 2.54. The van der Waals surface area contributed by atoms with Crippen LogP contribution in [0.3, 0.4) is 0 Å². The van der Waals surface area contributed by atoms with Gasteiger partial charge in [0.1, 0.15) is 6.10 Å². The Labute approximate surface area is 147 Å². The number of carbonyl (C=O) groups excluding carboxylic acids is 1. The van der Waals surface area contributed by atoms with Gasteiger partial charge in [0.15, 0.2) is 0 Å². The number of hydrogen-bond donors (Lipinski definition) is 0. The van der Waals surface area contributed by atoms with Gasteiger partial charge >= 0.3 is 5.97 Å². The summed E-state index contributed by atoms with van der Waals surface area (Å²) in [7, 11) is 0. The molecule has 3 atom stereocenters. The van der Waals surface area contributed by atoms with Crippen LogP contribution in [0.15, 0.2) is 18.2 Å². The standard InChI is InChI=1S/C22H32O2/c1-14(2)16-7-9-18-17(13-16)8-10-19-21(4,5)20(24-15(3)23)11-12-22(18,19)6/h7,9,13-14,19-20H,8,10-12H2,1-6H3. The van der Waals surface area contributed by atoms with Crippen molar-refractivity contribution in [2.45, 2.75) is 84.7 Å². The minimum atomic E-state index is -0.144. The zero-order valence-electron chi connectivity index (χ0n) is 16.1. The van der Waals surface area contributed by atoms with Gasteiger partial charge in [-0.1, -0.05) is 52.8 Å². The fourth-order valence-electron chi connectivity index (χ4n) is 5.48. The van der Waals surface area contributed by atoms with Crippen molar-refractivity contribution >= 4 is 5.97 Å². The lowest BCUT2D eigenvalue weighted by Crippen LogP contribution is -2.54. The summed E-state index contributed by atoms with van der Waals surface area (Å²) >= 11 is 0. The second kappa shape index (κ2) is 5.89. The van der Waals surface area contributed by atoms with Gasteiger partial charge in [0.05, 0.1) is 0 Å². The molecule has 24 heavy (non-hydrogen) atoms. The number of benzene rings is 1. The van der Waals surface area contributed by atoms with E-state index in [1.54, 1.807) is 5.56 Å². The van der Waals surface area contributed by atoms with E-state index in [2.05, 4.69) is 52.8 Å². The summed E-state index contributed by atoms with van der Waals surface area (Å²) < 4.78 is 5.70. The second-order valence-electron chi connectivity index (χ2n) is 9.04. The number of esters is 1. The molecule has 1 aromatic rings. The zero-order chi connectivity index (χ0) is 17.7. The minimum absolute atomic E-state index is 0.0209. The lowest BCUT2D eigenvalue weighted by atomic mass is 9.49. The lowest BCUT2D eigenvalue weighted by molar-refractivity contribution is -0.163. The Kier molecular flexibility index (Phi) is 4.30. The molecule has 1 aromatic carbocycles. The monoisotopic (exact) mass is 328 g/mol. The third kappa shape index (κ3) is 2.68. The first kappa shape index (κ1) is 17.5. The highest BCUT2D eigenvalue weighted by Crippen LogP contribution is 2.57. The van der Waals surface area contributed by atoms with E-state index in [0.717, 1.165) is 19.3 Å². The highest BCUT2D eigenvalue weighted by molar-refractivity contribution is 5.66. The minimum Gasteiger partial charge on any atom is -0.462 e. The second-order valence-corrected chi connectivity index (χ2v) is 9.04. The third-order valence-corrected chi connectivity index (χ3v) is 6.84. The van der Waals surface area contributed by atoms with Crippen molar-refractivity contribution < 1.29 is 9.53 Å². The summed E-state index contributed by atoms with van der Waals surface area (Å²) in [6.45, 7) is 13.1. The van der Waals surface area contributed by atoms with Crippen LogP contribution in [0.5, 0.6) is 0 Å². The molecular formula is C22H32O2. The summed E-state index contributed by atoms with van der Waals surface area (Å²) in [6.07, 6.45) is 4.45. The lowest BCUT2D eigenvalue weighted by Gasteiger charge is -2.56. The Morgan fingerprint density at radius 2 is 1.92 bits per heavy atom. The van der Waals surface area contributed by atoms with Gasteiger partial charge in [0.25, 0.3) is 0 Å². The quantitative estimate of drug-likeness (QED) is 0.681. The first-order valence-corrected chi connectivity index (χ1v) is 9.46. The topological polar surface area (TPSA) is 26.3 Å². The third-order valence-electron chi connectivity index (χ3n) is 6.84. The van der Waals surface area contributed by atoms with Crippen LogP contribution in [-0.2, 0) is 21.4 Å². The van der Waals surface area contributed by atoms with Crippen molar-refractivity contribution in [1.82, 2.24) is 0 Å². The van der Waals surface area contributed by atoms with Crippen LogP contribution >= 0.6 is 0 Å². The van der Waals surface area contributed by atoms with Gasteiger partial charge in [-0.2, -0.15) is 0 Å². The van der Waals surface area contributed by atoms with E-state index in [1.165, 1.54) is 24.5 Å². The fraction of sp³-hybridized carbons (Fsp3) is 0.682. The Hall–Kier alpha value is -1.31. The van der Waals surface area contributed by atoms with E-state index in [0.29, 0.717) is 11.8 Å². The van der Waals surface area contributed by atoms with Gasteiger partial charge in [-0.25, -0.2) is 0 Å². The van der Waals surface area contributed by atoms with E-state index in [-0.39, 0.29) is 22.9 Å². The van der Waals surface area contributed by atoms with E-state index in [1.807, 2.05) is 0 Å². The molecule has 2 aliphatic carbocycles. The molecule has 3 rings (SSSR count). The Morgan fingerprint density at radius 1 is 1.21 bits per heavy atom. The van der Waals surface area contributed by atoms with Crippen molar-refractivity contribution in [2.75, 3.05) is 0 Å². The highest BCUT2D eigenvalue weighted by atomic mass is 16.5.